The van der Waals surface area contributed by atoms with Crippen LogP contribution in [0.2, 0.25) is 0 Å². The normalized spacial score (nSPS) is 11.8. The summed E-state index contributed by atoms with van der Waals surface area (Å²) in [5, 5.41) is 9.24. The van der Waals surface area contributed by atoms with Gasteiger partial charge in [-0.2, -0.15) is 0 Å². The largest absolute Gasteiger partial charge is 0.502 e. The van der Waals surface area contributed by atoms with Crippen LogP contribution in [0.15, 0.2) is 11.0 Å². The third-order valence-electron chi connectivity index (χ3n) is 3.54. The van der Waals surface area contributed by atoms with Gasteiger partial charge in [0, 0.05) is 13.5 Å². The van der Waals surface area contributed by atoms with Gasteiger partial charge in [0.25, 0.3) is 5.56 Å². The average molecular weight is 224 g/mol. The maximum Gasteiger partial charge on any atom is 0.295 e. The summed E-state index contributed by atoms with van der Waals surface area (Å²) < 4.78 is 1.43. The summed E-state index contributed by atoms with van der Waals surface area (Å²) in [6.07, 6.45) is 4.08. The molecule has 0 amide bonds. The summed E-state index contributed by atoms with van der Waals surface area (Å²) in [5.74, 6) is 0.440. The van der Waals surface area contributed by atoms with Gasteiger partial charge in [-0.1, -0.05) is 33.6 Å². The molecule has 0 atom stereocenters. The topological polar surface area (TPSA) is 55.1 Å². The number of rotatable bonds is 4. The Morgan fingerprint density at radius 3 is 2.50 bits per heavy atom. The van der Waals surface area contributed by atoms with E-state index in [9.17, 15) is 9.90 Å². The molecular formula is C12H20N2O2. The zero-order valence-electron chi connectivity index (χ0n) is 10.4. The Morgan fingerprint density at radius 1 is 1.44 bits per heavy atom. The second kappa shape index (κ2) is 4.68. The van der Waals surface area contributed by atoms with Gasteiger partial charge in [0.2, 0.25) is 0 Å². The van der Waals surface area contributed by atoms with E-state index in [2.05, 4.69) is 25.8 Å². The lowest BCUT2D eigenvalue weighted by Gasteiger charge is -2.26. The molecule has 1 aromatic heterocycles. The second-order valence-corrected chi connectivity index (χ2v) is 4.62. The summed E-state index contributed by atoms with van der Waals surface area (Å²) in [5.41, 5.74) is -0.215. The van der Waals surface area contributed by atoms with Gasteiger partial charge in [-0.3, -0.25) is 9.36 Å². The molecule has 0 fully saturated rings. The zero-order chi connectivity index (χ0) is 12.3. The molecule has 0 unspecified atom stereocenters. The van der Waals surface area contributed by atoms with Gasteiger partial charge in [0.05, 0.1) is 6.20 Å². The molecule has 1 N–H and O–H groups in total. The molecule has 0 radical (unpaired) electrons. The van der Waals surface area contributed by atoms with Crippen molar-refractivity contribution in [1.82, 2.24) is 9.55 Å². The Balaban J connectivity index is 3.08. The Kier molecular flexibility index (Phi) is 3.73. The minimum absolute atomic E-state index is 0.161. The van der Waals surface area contributed by atoms with E-state index in [0.29, 0.717) is 0 Å². The van der Waals surface area contributed by atoms with Crippen molar-refractivity contribution in [3.63, 3.8) is 0 Å². The van der Waals surface area contributed by atoms with Crippen LogP contribution in [0, 0.1) is 5.41 Å². The minimum atomic E-state index is -0.375. The van der Waals surface area contributed by atoms with E-state index in [-0.39, 0.29) is 16.7 Å². The fourth-order valence-corrected chi connectivity index (χ4v) is 1.61. The van der Waals surface area contributed by atoms with Crippen molar-refractivity contribution in [2.24, 2.45) is 12.5 Å². The maximum atomic E-state index is 11.5. The van der Waals surface area contributed by atoms with Crippen molar-refractivity contribution >= 4 is 0 Å². The summed E-state index contributed by atoms with van der Waals surface area (Å²) in [6, 6.07) is 0. The quantitative estimate of drug-likeness (QED) is 0.849. The van der Waals surface area contributed by atoms with Crippen LogP contribution < -0.4 is 5.56 Å². The lowest BCUT2D eigenvalue weighted by Crippen LogP contribution is -2.26. The number of hydrogen-bond donors (Lipinski definition) is 1. The van der Waals surface area contributed by atoms with Gasteiger partial charge in [0.15, 0.2) is 5.75 Å². The van der Waals surface area contributed by atoms with Gasteiger partial charge in [0.1, 0.15) is 5.82 Å². The first kappa shape index (κ1) is 12.7. The van der Waals surface area contributed by atoms with E-state index in [4.69, 9.17) is 0 Å². The van der Waals surface area contributed by atoms with E-state index in [1.807, 2.05) is 0 Å². The molecule has 0 aliphatic heterocycles. The van der Waals surface area contributed by atoms with E-state index in [1.165, 1.54) is 10.8 Å². The molecule has 0 aromatic carbocycles. The Morgan fingerprint density at radius 2 is 2.00 bits per heavy atom. The lowest BCUT2D eigenvalue weighted by atomic mass is 9.81. The molecule has 0 aliphatic rings. The van der Waals surface area contributed by atoms with E-state index >= 15 is 0 Å². The van der Waals surface area contributed by atoms with Crippen LogP contribution in [0.5, 0.6) is 5.75 Å². The number of aromatic hydroxyl groups is 1. The smallest absolute Gasteiger partial charge is 0.295 e. The first-order valence-corrected chi connectivity index (χ1v) is 5.67. The first-order valence-electron chi connectivity index (χ1n) is 5.67. The predicted octanol–water partition coefficient (Wildman–Crippen LogP) is 1.85. The molecule has 16 heavy (non-hydrogen) atoms. The molecule has 0 aliphatic carbocycles. The summed E-state index contributed by atoms with van der Waals surface area (Å²) in [7, 11) is 1.65. The molecule has 0 saturated heterocycles. The molecule has 0 bridgehead atoms. The second-order valence-electron chi connectivity index (χ2n) is 4.62. The molecule has 1 rings (SSSR count). The number of aromatic nitrogens is 2. The monoisotopic (exact) mass is 224 g/mol. The summed E-state index contributed by atoms with van der Waals surface area (Å²) >= 11 is 0. The third-order valence-corrected chi connectivity index (χ3v) is 3.54. The first-order chi connectivity index (χ1) is 7.43. The van der Waals surface area contributed by atoms with Crippen LogP contribution in [0.25, 0.3) is 0 Å². The fraction of sp³-hybridized carbons (Fsp3) is 0.667. The molecular weight excluding hydrogens is 204 g/mol. The molecule has 4 heteroatoms. The van der Waals surface area contributed by atoms with Crippen LogP contribution in [-0.4, -0.2) is 14.7 Å². The Hall–Kier alpha value is -1.32. The Labute approximate surface area is 96.0 Å². The van der Waals surface area contributed by atoms with Crippen LogP contribution in [0.4, 0.5) is 0 Å². The Bertz CT molecular complexity index is 420. The summed E-state index contributed by atoms with van der Waals surface area (Å²) in [6.45, 7) is 6.47. The highest BCUT2D eigenvalue weighted by Gasteiger charge is 2.22. The van der Waals surface area contributed by atoms with Gasteiger partial charge >= 0.3 is 0 Å². The molecule has 1 aromatic rings. The highest BCUT2D eigenvalue weighted by Crippen LogP contribution is 2.28. The molecule has 0 spiro atoms. The molecule has 0 saturated carbocycles. The van der Waals surface area contributed by atoms with Crippen LogP contribution >= 0.6 is 0 Å². The van der Waals surface area contributed by atoms with Gasteiger partial charge < -0.3 is 5.11 Å². The standard InChI is InChI=1S/C12H20N2O2/c1-5-12(3,6-2)7-10-13-8-9(15)11(16)14(10)4/h8,15H,5-7H2,1-4H3. The summed E-state index contributed by atoms with van der Waals surface area (Å²) in [4.78, 5) is 15.7. The maximum absolute atomic E-state index is 11.5. The lowest BCUT2D eigenvalue weighted by molar-refractivity contribution is 0.284. The van der Waals surface area contributed by atoms with Gasteiger partial charge in [-0.15, -0.1) is 0 Å². The predicted molar refractivity (Wildman–Crippen MR) is 63.5 cm³/mol. The van der Waals surface area contributed by atoms with Crippen LogP contribution in [0.1, 0.15) is 39.4 Å². The van der Waals surface area contributed by atoms with Gasteiger partial charge in [-0.05, 0) is 5.41 Å². The molecule has 4 nitrogen and oxygen atoms in total. The van der Waals surface area contributed by atoms with Crippen molar-refractivity contribution in [1.29, 1.82) is 0 Å². The highest BCUT2D eigenvalue weighted by atomic mass is 16.3. The van der Waals surface area contributed by atoms with Gasteiger partial charge in [-0.25, -0.2) is 4.98 Å². The van der Waals surface area contributed by atoms with Crippen LogP contribution in [0.3, 0.4) is 0 Å². The SMILES string of the molecule is CCC(C)(CC)Cc1ncc(O)c(=O)n1C. The molecule has 90 valence electrons. The third kappa shape index (κ3) is 2.43. The number of nitrogens with zero attached hydrogens (tertiary/aromatic N) is 2. The number of hydrogen-bond acceptors (Lipinski definition) is 3. The zero-order valence-corrected chi connectivity index (χ0v) is 10.4. The molecule has 1 heterocycles. The average Bonchev–Trinajstić information content (AvgIpc) is 2.30. The fourth-order valence-electron chi connectivity index (χ4n) is 1.61. The van der Waals surface area contributed by atoms with Crippen LogP contribution in [-0.2, 0) is 13.5 Å². The van der Waals surface area contributed by atoms with Crippen molar-refractivity contribution in [2.75, 3.05) is 0 Å². The van der Waals surface area contributed by atoms with E-state index in [1.54, 1.807) is 7.05 Å². The van der Waals surface area contributed by atoms with Crippen molar-refractivity contribution in [3.8, 4) is 5.75 Å². The minimum Gasteiger partial charge on any atom is -0.502 e. The van der Waals surface area contributed by atoms with E-state index in [0.717, 1.165) is 25.1 Å². The van der Waals surface area contributed by atoms with Crippen molar-refractivity contribution < 1.29 is 5.11 Å². The van der Waals surface area contributed by atoms with Crippen molar-refractivity contribution in [3.05, 3.63) is 22.4 Å². The van der Waals surface area contributed by atoms with Crippen molar-refractivity contribution in [2.45, 2.75) is 40.0 Å². The highest BCUT2D eigenvalue weighted by molar-refractivity contribution is 5.12. The van der Waals surface area contributed by atoms with E-state index < -0.39 is 0 Å².